The minimum atomic E-state index is 0.970. The van der Waals surface area contributed by atoms with Crippen molar-refractivity contribution in [1.29, 1.82) is 0 Å². The van der Waals surface area contributed by atoms with Gasteiger partial charge in [-0.3, -0.25) is 4.98 Å². The quantitative estimate of drug-likeness (QED) is 0.445. The molecule has 0 saturated carbocycles. The average molecular weight is 259 g/mol. The summed E-state index contributed by atoms with van der Waals surface area (Å²) in [4.78, 5) is 4.70. The van der Waals surface area contributed by atoms with E-state index in [1.54, 1.807) is 0 Å². The van der Waals surface area contributed by atoms with Crippen LogP contribution in [0.5, 0.6) is 0 Å². The van der Waals surface area contributed by atoms with Crippen LogP contribution in [0, 0.1) is 20.8 Å². The molecule has 1 aliphatic rings. The first-order valence-electron chi connectivity index (χ1n) is 7.13. The maximum Gasteiger partial charge on any atom is 0.0532 e. The molecule has 1 nitrogen and oxygen atoms in total. The van der Waals surface area contributed by atoms with Gasteiger partial charge >= 0.3 is 0 Å². The van der Waals surface area contributed by atoms with E-state index in [1.807, 2.05) is 6.20 Å². The lowest BCUT2D eigenvalue weighted by molar-refractivity contribution is 1.12. The summed E-state index contributed by atoms with van der Waals surface area (Å²) in [5.74, 6) is 0. The van der Waals surface area contributed by atoms with E-state index in [0.717, 1.165) is 6.42 Å². The van der Waals surface area contributed by atoms with E-state index in [2.05, 4.69) is 51.1 Å². The van der Waals surface area contributed by atoms with Crippen LogP contribution in [0.1, 0.15) is 27.9 Å². The largest absolute Gasteiger partial charge is 0.260 e. The van der Waals surface area contributed by atoms with Gasteiger partial charge in [-0.25, -0.2) is 0 Å². The summed E-state index contributed by atoms with van der Waals surface area (Å²) < 4.78 is 0. The van der Waals surface area contributed by atoms with Gasteiger partial charge in [-0.05, 0) is 54.0 Å². The van der Waals surface area contributed by atoms with Crippen LogP contribution in [0.2, 0.25) is 0 Å². The molecule has 0 saturated heterocycles. The highest BCUT2D eigenvalue weighted by atomic mass is 14.7. The summed E-state index contributed by atoms with van der Waals surface area (Å²) in [6.07, 6.45) is 2.98. The minimum Gasteiger partial charge on any atom is -0.260 e. The Hall–Kier alpha value is -2.15. The number of nitrogens with zero attached hydrogens (tertiary/aromatic N) is 1. The van der Waals surface area contributed by atoms with E-state index in [4.69, 9.17) is 4.98 Å². The Morgan fingerprint density at radius 2 is 1.75 bits per heavy atom. The van der Waals surface area contributed by atoms with E-state index in [1.165, 1.54) is 49.8 Å². The highest BCUT2D eigenvalue weighted by Gasteiger charge is 2.24. The van der Waals surface area contributed by atoms with Gasteiger partial charge in [0.05, 0.1) is 5.69 Å². The molecule has 0 aliphatic heterocycles. The third kappa shape index (κ3) is 1.41. The fraction of sp³-hybridized carbons (Fsp3) is 0.211. The summed E-state index contributed by atoms with van der Waals surface area (Å²) in [6.45, 7) is 6.68. The van der Waals surface area contributed by atoms with E-state index < -0.39 is 0 Å². The van der Waals surface area contributed by atoms with Crippen molar-refractivity contribution < 1.29 is 0 Å². The lowest BCUT2D eigenvalue weighted by Crippen LogP contribution is -1.93. The lowest BCUT2D eigenvalue weighted by Gasteiger charge is -2.13. The normalized spacial score (nSPS) is 12.6. The third-order valence-electron chi connectivity index (χ3n) is 4.73. The van der Waals surface area contributed by atoms with Crippen LogP contribution in [0.3, 0.4) is 0 Å². The molecule has 4 rings (SSSR count). The van der Waals surface area contributed by atoms with Crippen LogP contribution in [-0.2, 0) is 6.42 Å². The second kappa shape index (κ2) is 3.92. The fourth-order valence-corrected chi connectivity index (χ4v) is 3.45. The summed E-state index contributed by atoms with van der Waals surface area (Å²) in [5.41, 5.74) is 9.65. The molecule has 2 aromatic carbocycles. The number of benzene rings is 2. The van der Waals surface area contributed by atoms with E-state index in [9.17, 15) is 0 Å². The van der Waals surface area contributed by atoms with Crippen molar-refractivity contribution in [2.45, 2.75) is 27.2 Å². The van der Waals surface area contributed by atoms with Gasteiger partial charge in [0.15, 0.2) is 0 Å². The van der Waals surface area contributed by atoms with Gasteiger partial charge in [0, 0.05) is 23.6 Å². The summed E-state index contributed by atoms with van der Waals surface area (Å²) in [7, 11) is 0. The van der Waals surface area contributed by atoms with E-state index in [-0.39, 0.29) is 0 Å². The summed E-state index contributed by atoms with van der Waals surface area (Å²) in [5, 5.41) is 2.57. The molecule has 0 spiro atoms. The molecule has 1 aromatic heterocycles. The zero-order valence-electron chi connectivity index (χ0n) is 12.1. The van der Waals surface area contributed by atoms with Crippen molar-refractivity contribution in [3.63, 3.8) is 0 Å². The highest BCUT2D eigenvalue weighted by molar-refractivity contribution is 6.00. The molecule has 0 amide bonds. The van der Waals surface area contributed by atoms with Gasteiger partial charge in [0.1, 0.15) is 0 Å². The first kappa shape index (κ1) is 11.7. The van der Waals surface area contributed by atoms with Crippen molar-refractivity contribution in [2.24, 2.45) is 0 Å². The molecule has 3 aromatic rings. The molecule has 98 valence electrons. The number of fused-ring (bicyclic) bond motifs is 5. The molecule has 0 N–H and O–H groups in total. The first-order chi connectivity index (χ1) is 9.66. The number of aromatic nitrogens is 1. The monoisotopic (exact) mass is 259 g/mol. The van der Waals surface area contributed by atoms with E-state index in [0.29, 0.717) is 0 Å². The predicted molar refractivity (Wildman–Crippen MR) is 84.2 cm³/mol. The van der Waals surface area contributed by atoms with Gasteiger partial charge < -0.3 is 0 Å². The molecule has 0 fully saturated rings. The van der Waals surface area contributed by atoms with Crippen molar-refractivity contribution in [1.82, 2.24) is 4.98 Å². The molecule has 20 heavy (non-hydrogen) atoms. The molecule has 1 heteroatoms. The van der Waals surface area contributed by atoms with E-state index >= 15 is 0 Å². The van der Waals surface area contributed by atoms with Crippen LogP contribution in [0.25, 0.3) is 21.9 Å². The van der Waals surface area contributed by atoms with Crippen LogP contribution < -0.4 is 0 Å². The zero-order valence-corrected chi connectivity index (χ0v) is 12.1. The number of hydrogen-bond donors (Lipinski definition) is 0. The van der Waals surface area contributed by atoms with Crippen LogP contribution >= 0.6 is 0 Å². The Morgan fingerprint density at radius 1 is 0.950 bits per heavy atom. The number of aryl methyl sites for hydroxylation is 1. The van der Waals surface area contributed by atoms with Gasteiger partial charge in [-0.2, -0.15) is 0 Å². The second-order valence-corrected chi connectivity index (χ2v) is 5.82. The minimum absolute atomic E-state index is 0.970. The van der Waals surface area contributed by atoms with Crippen LogP contribution in [0.15, 0.2) is 36.5 Å². The summed E-state index contributed by atoms with van der Waals surface area (Å²) in [6, 6.07) is 10.9. The van der Waals surface area contributed by atoms with Crippen molar-refractivity contribution in [2.75, 3.05) is 0 Å². The van der Waals surface area contributed by atoms with Crippen molar-refractivity contribution >= 4 is 10.8 Å². The fourth-order valence-electron chi connectivity index (χ4n) is 3.45. The predicted octanol–water partition coefficient (Wildman–Crippen LogP) is 4.73. The average Bonchev–Trinajstić information content (AvgIpc) is 2.83. The zero-order chi connectivity index (χ0) is 13.9. The first-order valence-corrected chi connectivity index (χ1v) is 7.13. The smallest absolute Gasteiger partial charge is 0.0532 e. The maximum atomic E-state index is 4.70. The molecular weight excluding hydrogens is 242 g/mol. The third-order valence-corrected chi connectivity index (χ3v) is 4.73. The molecule has 0 bridgehead atoms. The Kier molecular flexibility index (Phi) is 2.29. The van der Waals surface area contributed by atoms with Gasteiger partial charge in [0.2, 0.25) is 0 Å². The Morgan fingerprint density at radius 3 is 2.60 bits per heavy atom. The molecule has 1 heterocycles. The number of pyridine rings is 1. The molecule has 0 unspecified atom stereocenters. The molecule has 1 aliphatic carbocycles. The maximum absolute atomic E-state index is 4.70. The second-order valence-electron chi connectivity index (χ2n) is 5.82. The van der Waals surface area contributed by atoms with Crippen molar-refractivity contribution in [3.8, 4) is 11.1 Å². The molecule has 0 atom stereocenters. The summed E-state index contributed by atoms with van der Waals surface area (Å²) >= 11 is 0. The molecular formula is C19H17N. The lowest BCUT2D eigenvalue weighted by atomic mass is 9.92. The topological polar surface area (TPSA) is 12.9 Å². The van der Waals surface area contributed by atoms with Crippen LogP contribution in [0.4, 0.5) is 0 Å². The number of rotatable bonds is 0. The van der Waals surface area contributed by atoms with Crippen molar-refractivity contribution in [3.05, 3.63) is 64.5 Å². The Bertz CT molecular complexity index is 859. The standard InChI is InChI=1S/C19H17N/c1-11-8-15-9-17-19(18(15)13(3)12(11)2)16-7-5-4-6-14(16)10-20-17/h4-8,10H,9H2,1-3H3. The van der Waals surface area contributed by atoms with Crippen LogP contribution in [-0.4, -0.2) is 4.98 Å². The highest BCUT2D eigenvalue weighted by Crippen LogP contribution is 2.43. The van der Waals surface area contributed by atoms with Gasteiger partial charge in [-0.1, -0.05) is 30.3 Å². The van der Waals surface area contributed by atoms with Gasteiger partial charge in [-0.15, -0.1) is 0 Å². The Labute approximate surface area is 119 Å². The Balaban J connectivity index is 2.16. The number of hydrogen-bond acceptors (Lipinski definition) is 1. The molecule has 0 radical (unpaired) electrons. The van der Waals surface area contributed by atoms with Gasteiger partial charge in [0.25, 0.3) is 0 Å². The SMILES string of the molecule is Cc1cc2c(c(C)c1C)-c1c(ncc3ccccc13)C2.